The van der Waals surface area contributed by atoms with Crippen molar-refractivity contribution in [3.05, 3.63) is 48.0 Å². The van der Waals surface area contributed by atoms with Crippen molar-refractivity contribution < 1.29 is 4.79 Å². The van der Waals surface area contributed by atoms with Gasteiger partial charge in [0.15, 0.2) is 0 Å². The Labute approximate surface area is 83.4 Å². The molecule has 0 saturated heterocycles. The van der Waals surface area contributed by atoms with Gasteiger partial charge in [-0.1, -0.05) is 42.5 Å². The van der Waals surface area contributed by atoms with Gasteiger partial charge in [-0.25, -0.2) is 0 Å². The third-order valence-electron chi connectivity index (χ3n) is 2.36. The molecule has 0 spiro atoms. The molecular formula is C13H12O. The Hall–Kier alpha value is -1.63. The quantitative estimate of drug-likeness (QED) is 0.670. The molecule has 0 aromatic heterocycles. The summed E-state index contributed by atoms with van der Waals surface area (Å²) >= 11 is 0. The van der Waals surface area contributed by atoms with Crippen LogP contribution in [0.3, 0.4) is 0 Å². The predicted octanol–water partition coefficient (Wildman–Crippen LogP) is 2.97. The van der Waals surface area contributed by atoms with E-state index in [1.807, 2.05) is 12.1 Å². The van der Waals surface area contributed by atoms with Gasteiger partial charge in [-0.2, -0.15) is 0 Å². The van der Waals surface area contributed by atoms with E-state index in [9.17, 15) is 4.79 Å². The van der Waals surface area contributed by atoms with Crippen LogP contribution in [0.15, 0.2) is 42.5 Å². The lowest BCUT2D eigenvalue weighted by atomic mass is 10.0. The molecule has 70 valence electrons. The van der Waals surface area contributed by atoms with Crippen LogP contribution in [0.2, 0.25) is 0 Å². The van der Waals surface area contributed by atoms with Crippen LogP contribution in [-0.2, 0) is 11.2 Å². The second-order valence-electron chi connectivity index (χ2n) is 3.39. The Morgan fingerprint density at radius 3 is 2.57 bits per heavy atom. The molecule has 1 nitrogen and oxygen atoms in total. The zero-order valence-electron chi connectivity index (χ0n) is 7.94. The summed E-state index contributed by atoms with van der Waals surface area (Å²) in [5, 5.41) is 2.50. The van der Waals surface area contributed by atoms with Crippen molar-refractivity contribution in [2.45, 2.75) is 12.8 Å². The summed E-state index contributed by atoms with van der Waals surface area (Å²) in [6.07, 6.45) is 2.42. The van der Waals surface area contributed by atoms with Crippen LogP contribution in [-0.4, -0.2) is 6.29 Å². The van der Waals surface area contributed by atoms with Gasteiger partial charge in [-0.3, -0.25) is 0 Å². The molecule has 0 saturated carbocycles. The van der Waals surface area contributed by atoms with Crippen LogP contribution in [0.5, 0.6) is 0 Å². The summed E-state index contributed by atoms with van der Waals surface area (Å²) < 4.78 is 0. The van der Waals surface area contributed by atoms with E-state index in [0.29, 0.717) is 6.42 Å². The molecule has 0 amide bonds. The maximum Gasteiger partial charge on any atom is 0.120 e. The van der Waals surface area contributed by atoms with Crippen molar-refractivity contribution in [1.82, 2.24) is 0 Å². The van der Waals surface area contributed by atoms with E-state index in [-0.39, 0.29) is 0 Å². The van der Waals surface area contributed by atoms with E-state index in [1.165, 1.54) is 16.3 Å². The zero-order valence-corrected chi connectivity index (χ0v) is 7.94. The van der Waals surface area contributed by atoms with E-state index in [0.717, 1.165) is 12.7 Å². The van der Waals surface area contributed by atoms with Crippen molar-refractivity contribution in [2.75, 3.05) is 0 Å². The van der Waals surface area contributed by atoms with Crippen LogP contribution in [0.25, 0.3) is 10.8 Å². The van der Waals surface area contributed by atoms with Gasteiger partial charge in [-0.15, -0.1) is 0 Å². The Morgan fingerprint density at radius 1 is 1.00 bits per heavy atom. The fourth-order valence-corrected chi connectivity index (χ4v) is 1.62. The second kappa shape index (κ2) is 4.05. The number of carbonyl (C=O) groups is 1. The monoisotopic (exact) mass is 184 g/mol. The number of benzene rings is 2. The first-order chi connectivity index (χ1) is 6.90. The maximum atomic E-state index is 10.2. The standard InChI is InChI=1S/C13H12O/c14-9-3-4-11-7-8-12-5-1-2-6-13(12)10-11/h1-2,5-10H,3-4H2. The lowest BCUT2D eigenvalue weighted by molar-refractivity contribution is -0.107. The Morgan fingerprint density at radius 2 is 1.79 bits per heavy atom. The third-order valence-corrected chi connectivity index (χ3v) is 2.36. The molecule has 0 atom stereocenters. The molecule has 0 aliphatic rings. The number of carbonyl (C=O) groups excluding carboxylic acids is 1. The molecular weight excluding hydrogens is 172 g/mol. The van der Waals surface area contributed by atoms with Crippen LogP contribution in [0.1, 0.15) is 12.0 Å². The summed E-state index contributed by atoms with van der Waals surface area (Å²) in [5.41, 5.74) is 1.23. The molecule has 0 unspecified atom stereocenters. The van der Waals surface area contributed by atoms with Gasteiger partial charge in [0.1, 0.15) is 6.29 Å². The highest BCUT2D eigenvalue weighted by Gasteiger charge is 1.95. The molecule has 0 radical (unpaired) electrons. The van der Waals surface area contributed by atoms with Crippen molar-refractivity contribution >= 4 is 17.1 Å². The largest absolute Gasteiger partial charge is 0.303 e. The van der Waals surface area contributed by atoms with Gasteiger partial charge in [0.05, 0.1) is 0 Å². The normalized spacial score (nSPS) is 10.3. The van der Waals surface area contributed by atoms with E-state index in [4.69, 9.17) is 0 Å². The highest BCUT2D eigenvalue weighted by Crippen LogP contribution is 2.16. The highest BCUT2D eigenvalue weighted by atomic mass is 16.1. The lowest BCUT2D eigenvalue weighted by Crippen LogP contribution is -1.85. The number of fused-ring (bicyclic) bond motifs is 1. The SMILES string of the molecule is O=CCCc1ccc2ccccc2c1. The summed E-state index contributed by atoms with van der Waals surface area (Å²) in [6, 6.07) is 14.6. The zero-order chi connectivity index (χ0) is 9.80. The minimum atomic E-state index is 0.609. The van der Waals surface area contributed by atoms with Crippen molar-refractivity contribution in [3.8, 4) is 0 Å². The maximum absolute atomic E-state index is 10.2. The molecule has 2 aromatic carbocycles. The third kappa shape index (κ3) is 1.82. The fourth-order valence-electron chi connectivity index (χ4n) is 1.62. The number of hydrogen-bond acceptors (Lipinski definition) is 1. The van der Waals surface area contributed by atoms with Gasteiger partial charge < -0.3 is 4.79 Å². The van der Waals surface area contributed by atoms with Crippen LogP contribution < -0.4 is 0 Å². The second-order valence-corrected chi connectivity index (χ2v) is 3.39. The van der Waals surface area contributed by atoms with Crippen LogP contribution in [0.4, 0.5) is 0 Å². The highest BCUT2D eigenvalue weighted by molar-refractivity contribution is 5.83. The van der Waals surface area contributed by atoms with E-state index in [2.05, 4.69) is 30.3 Å². The first-order valence-corrected chi connectivity index (χ1v) is 4.81. The smallest absolute Gasteiger partial charge is 0.120 e. The average Bonchev–Trinajstić information content (AvgIpc) is 2.26. The van der Waals surface area contributed by atoms with E-state index in [1.54, 1.807) is 0 Å². The van der Waals surface area contributed by atoms with Crippen molar-refractivity contribution in [3.63, 3.8) is 0 Å². The molecule has 0 fully saturated rings. The molecule has 0 aliphatic heterocycles. The number of aryl methyl sites for hydroxylation is 1. The topological polar surface area (TPSA) is 17.1 Å². The number of rotatable bonds is 3. The van der Waals surface area contributed by atoms with Crippen molar-refractivity contribution in [1.29, 1.82) is 0 Å². The number of hydrogen-bond donors (Lipinski definition) is 0. The van der Waals surface area contributed by atoms with Gasteiger partial charge in [0, 0.05) is 6.42 Å². The van der Waals surface area contributed by atoms with E-state index >= 15 is 0 Å². The van der Waals surface area contributed by atoms with Gasteiger partial charge in [0.25, 0.3) is 0 Å². The fraction of sp³-hybridized carbons (Fsp3) is 0.154. The summed E-state index contributed by atoms with van der Waals surface area (Å²) in [6.45, 7) is 0. The molecule has 0 bridgehead atoms. The Bertz CT molecular complexity index is 446. The minimum absolute atomic E-state index is 0.609. The molecule has 1 heteroatoms. The predicted molar refractivity (Wildman–Crippen MR) is 58.3 cm³/mol. The molecule has 0 N–H and O–H groups in total. The molecule has 0 heterocycles. The molecule has 0 aliphatic carbocycles. The summed E-state index contributed by atoms with van der Waals surface area (Å²) in [7, 11) is 0. The van der Waals surface area contributed by atoms with Crippen LogP contribution >= 0.6 is 0 Å². The molecule has 2 rings (SSSR count). The van der Waals surface area contributed by atoms with Gasteiger partial charge >= 0.3 is 0 Å². The van der Waals surface area contributed by atoms with Gasteiger partial charge in [0.2, 0.25) is 0 Å². The lowest BCUT2D eigenvalue weighted by Gasteiger charge is -2.01. The Balaban J connectivity index is 2.36. The van der Waals surface area contributed by atoms with Crippen molar-refractivity contribution in [2.24, 2.45) is 0 Å². The molecule has 14 heavy (non-hydrogen) atoms. The minimum Gasteiger partial charge on any atom is -0.303 e. The van der Waals surface area contributed by atoms with Crippen LogP contribution in [0, 0.1) is 0 Å². The van der Waals surface area contributed by atoms with E-state index < -0.39 is 0 Å². The van der Waals surface area contributed by atoms with Gasteiger partial charge in [-0.05, 0) is 22.8 Å². The molecule has 2 aromatic rings. The number of aldehydes is 1. The summed E-state index contributed by atoms with van der Waals surface area (Å²) in [5.74, 6) is 0. The Kier molecular flexibility index (Phi) is 2.59. The first-order valence-electron chi connectivity index (χ1n) is 4.81. The summed E-state index contributed by atoms with van der Waals surface area (Å²) in [4.78, 5) is 10.2. The average molecular weight is 184 g/mol. The first kappa shape index (κ1) is 8.95.